The Morgan fingerprint density at radius 2 is 2.15 bits per heavy atom. The van der Waals surface area contributed by atoms with Crippen LogP contribution in [0.4, 0.5) is 0 Å². The number of nitrogens with one attached hydrogen (secondary N) is 2. The summed E-state index contributed by atoms with van der Waals surface area (Å²) in [6.45, 7) is 0.868. The van der Waals surface area contributed by atoms with E-state index >= 15 is 0 Å². The van der Waals surface area contributed by atoms with E-state index in [-0.39, 0.29) is 29.5 Å². The van der Waals surface area contributed by atoms with Crippen LogP contribution in [0.1, 0.15) is 12.8 Å². The molecular formula is C21H21BrN4O5S2. The van der Waals surface area contributed by atoms with Gasteiger partial charge in [0.1, 0.15) is 10.4 Å². The van der Waals surface area contributed by atoms with E-state index < -0.39 is 11.5 Å². The van der Waals surface area contributed by atoms with Crippen LogP contribution >= 0.6 is 39.0 Å². The monoisotopic (exact) mass is 552 g/mol. The molecule has 4 rings (SSSR count). The molecule has 1 fully saturated rings. The topological polar surface area (TPSA) is 112 Å². The standard InChI is InChI=1S/C21H21BrN4O5S2/c22-14-5-1-2-6-16(14)31-11-17(27)25-26-20(29)19-15(7-9-32-19)24-21(26)33-12-18(28)23-10-13-4-3-8-30-13/h1-2,5-7,9,13H,3-4,8,10-12H2,(H,23,28)(H,25,27)/t13-/m0/s1. The molecule has 1 aliphatic heterocycles. The van der Waals surface area contributed by atoms with Crippen LogP contribution in [0.5, 0.6) is 5.75 Å². The number of rotatable bonds is 9. The van der Waals surface area contributed by atoms with Gasteiger partial charge in [-0.25, -0.2) is 4.98 Å². The Morgan fingerprint density at radius 1 is 1.30 bits per heavy atom. The molecule has 0 saturated carbocycles. The summed E-state index contributed by atoms with van der Waals surface area (Å²) < 4.78 is 13.2. The van der Waals surface area contributed by atoms with Crippen molar-refractivity contribution >= 4 is 61.1 Å². The van der Waals surface area contributed by atoms with Gasteiger partial charge in [-0.1, -0.05) is 23.9 Å². The number of benzene rings is 1. The summed E-state index contributed by atoms with van der Waals surface area (Å²) in [5, 5.41) is 4.81. The van der Waals surface area contributed by atoms with Crippen molar-refractivity contribution in [3.05, 3.63) is 50.5 Å². The van der Waals surface area contributed by atoms with Crippen molar-refractivity contribution in [3.8, 4) is 5.75 Å². The summed E-state index contributed by atoms with van der Waals surface area (Å²) in [6, 6.07) is 8.87. The molecule has 0 bridgehead atoms. The first-order valence-corrected chi connectivity index (χ1v) is 12.9. The van der Waals surface area contributed by atoms with Crippen LogP contribution in [0.15, 0.2) is 50.1 Å². The average Bonchev–Trinajstić information content (AvgIpc) is 3.50. The number of halogens is 1. The predicted molar refractivity (Wildman–Crippen MR) is 131 cm³/mol. The fraction of sp³-hybridized carbons (Fsp3) is 0.333. The maximum absolute atomic E-state index is 13.0. The van der Waals surface area contributed by atoms with Gasteiger partial charge in [0.05, 0.1) is 21.8 Å². The van der Waals surface area contributed by atoms with Gasteiger partial charge in [-0.15, -0.1) is 11.3 Å². The number of ether oxygens (including phenoxy) is 2. The SMILES string of the molecule is O=C(CSc1nc2ccsc2c(=O)n1NC(=O)COc1ccccc1Br)NC[C@@H]1CCCO1. The van der Waals surface area contributed by atoms with Gasteiger partial charge >= 0.3 is 0 Å². The van der Waals surface area contributed by atoms with E-state index in [0.717, 1.165) is 35.9 Å². The van der Waals surface area contributed by atoms with Crippen molar-refractivity contribution in [2.45, 2.75) is 24.1 Å². The highest BCUT2D eigenvalue weighted by molar-refractivity contribution is 9.10. The van der Waals surface area contributed by atoms with Crippen LogP contribution in [-0.2, 0) is 14.3 Å². The van der Waals surface area contributed by atoms with Gasteiger partial charge < -0.3 is 14.8 Å². The Balaban J connectivity index is 1.43. The van der Waals surface area contributed by atoms with Gasteiger partial charge in [0.2, 0.25) is 5.91 Å². The van der Waals surface area contributed by atoms with Gasteiger partial charge in [0.25, 0.3) is 11.5 Å². The Bertz CT molecular complexity index is 1210. The highest BCUT2D eigenvalue weighted by atomic mass is 79.9. The second-order valence-corrected chi connectivity index (χ2v) is 9.86. The second-order valence-electron chi connectivity index (χ2n) is 7.15. The molecule has 2 amide bonds. The number of fused-ring (bicyclic) bond motifs is 1. The van der Waals surface area contributed by atoms with E-state index in [2.05, 4.69) is 31.7 Å². The van der Waals surface area contributed by atoms with Crippen LogP contribution in [0.3, 0.4) is 0 Å². The molecule has 0 unspecified atom stereocenters. The zero-order valence-electron chi connectivity index (χ0n) is 17.4. The number of hydrogen-bond acceptors (Lipinski definition) is 8. The van der Waals surface area contributed by atoms with Crippen LogP contribution in [0, 0.1) is 0 Å². The van der Waals surface area contributed by atoms with Gasteiger partial charge in [0, 0.05) is 13.2 Å². The Hall–Kier alpha value is -2.41. The third kappa shape index (κ3) is 6.14. The first-order valence-electron chi connectivity index (χ1n) is 10.2. The van der Waals surface area contributed by atoms with Crippen molar-refractivity contribution in [2.24, 2.45) is 0 Å². The number of hydrogen-bond donors (Lipinski definition) is 2. The van der Waals surface area contributed by atoms with Gasteiger partial charge in [0.15, 0.2) is 11.8 Å². The summed E-state index contributed by atoms with van der Waals surface area (Å²) >= 11 is 5.66. The maximum Gasteiger partial charge on any atom is 0.291 e. The Labute approximate surface area is 206 Å². The molecule has 2 aromatic heterocycles. The smallest absolute Gasteiger partial charge is 0.291 e. The van der Waals surface area contributed by atoms with Crippen molar-refractivity contribution in [1.82, 2.24) is 15.0 Å². The molecule has 33 heavy (non-hydrogen) atoms. The molecule has 1 atom stereocenters. The molecule has 9 nitrogen and oxygen atoms in total. The minimum absolute atomic E-state index is 0.0398. The van der Waals surface area contributed by atoms with Gasteiger partial charge in [-0.2, -0.15) is 4.68 Å². The molecule has 1 saturated heterocycles. The molecule has 2 N–H and O–H groups in total. The lowest BCUT2D eigenvalue weighted by Crippen LogP contribution is -2.37. The van der Waals surface area contributed by atoms with E-state index in [4.69, 9.17) is 9.47 Å². The quantitative estimate of drug-likeness (QED) is 0.310. The number of aromatic nitrogens is 2. The van der Waals surface area contributed by atoms with E-state index in [0.29, 0.717) is 27.0 Å². The number of amides is 2. The highest BCUT2D eigenvalue weighted by Gasteiger charge is 2.19. The third-order valence-corrected chi connectivity index (χ3v) is 7.25. The van der Waals surface area contributed by atoms with Crippen LogP contribution in [-0.4, -0.2) is 53.1 Å². The van der Waals surface area contributed by atoms with E-state index in [1.807, 2.05) is 6.07 Å². The van der Waals surface area contributed by atoms with E-state index in [1.165, 1.54) is 11.3 Å². The second kappa shape index (κ2) is 11.1. The fourth-order valence-electron chi connectivity index (χ4n) is 3.16. The van der Waals surface area contributed by atoms with E-state index in [9.17, 15) is 14.4 Å². The minimum atomic E-state index is -0.532. The molecule has 0 aliphatic carbocycles. The van der Waals surface area contributed by atoms with Crippen LogP contribution in [0.2, 0.25) is 0 Å². The molecule has 3 aromatic rings. The number of nitrogens with zero attached hydrogens (tertiary/aromatic N) is 2. The summed E-state index contributed by atoms with van der Waals surface area (Å²) in [6.07, 6.45) is 1.97. The number of para-hydroxylation sites is 1. The van der Waals surface area contributed by atoms with Crippen molar-refractivity contribution in [1.29, 1.82) is 0 Å². The van der Waals surface area contributed by atoms with Crippen LogP contribution < -0.4 is 21.0 Å². The minimum Gasteiger partial charge on any atom is -0.483 e. The number of thiophene rings is 1. The average molecular weight is 553 g/mol. The number of carbonyl (C=O) groups excluding carboxylic acids is 2. The molecule has 174 valence electrons. The first kappa shape index (κ1) is 23.7. The van der Waals surface area contributed by atoms with Crippen molar-refractivity contribution in [2.75, 3.05) is 30.9 Å². The van der Waals surface area contributed by atoms with Gasteiger partial charge in [-0.3, -0.25) is 19.8 Å². The fourth-order valence-corrected chi connectivity index (χ4v) is 5.11. The zero-order valence-corrected chi connectivity index (χ0v) is 20.6. The molecule has 0 spiro atoms. The lowest BCUT2D eigenvalue weighted by Gasteiger charge is -2.14. The Kier molecular flexibility index (Phi) is 8.02. The lowest BCUT2D eigenvalue weighted by molar-refractivity contribution is -0.119. The van der Waals surface area contributed by atoms with Crippen molar-refractivity contribution in [3.63, 3.8) is 0 Å². The molecule has 1 aliphatic rings. The predicted octanol–water partition coefficient (Wildman–Crippen LogP) is 2.76. The van der Waals surface area contributed by atoms with E-state index in [1.54, 1.807) is 29.6 Å². The molecule has 3 heterocycles. The number of thioether (sulfide) groups is 1. The summed E-state index contributed by atoms with van der Waals surface area (Å²) in [5.74, 6) is -0.192. The highest BCUT2D eigenvalue weighted by Crippen LogP contribution is 2.24. The van der Waals surface area contributed by atoms with Crippen LogP contribution in [0.25, 0.3) is 10.2 Å². The molecule has 0 radical (unpaired) electrons. The van der Waals surface area contributed by atoms with Gasteiger partial charge in [-0.05, 0) is 52.4 Å². The first-order chi connectivity index (χ1) is 16.0. The summed E-state index contributed by atoms with van der Waals surface area (Å²) in [4.78, 5) is 42.2. The lowest BCUT2D eigenvalue weighted by atomic mass is 10.2. The third-order valence-electron chi connectivity index (χ3n) is 4.76. The molecular weight excluding hydrogens is 532 g/mol. The maximum atomic E-state index is 13.0. The Morgan fingerprint density at radius 3 is 2.94 bits per heavy atom. The summed E-state index contributed by atoms with van der Waals surface area (Å²) in [7, 11) is 0. The molecule has 12 heteroatoms. The molecule has 1 aromatic carbocycles. The zero-order chi connectivity index (χ0) is 23.2. The van der Waals surface area contributed by atoms with Crippen molar-refractivity contribution < 1.29 is 19.1 Å². The normalized spacial score (nSPS) is 15.5. The number of carbonyl (C=O) groups is 2. The summed E-state index contributed by atoms with van der Waals surface area (Å²) in [5.41, 5.74) is 2.65. The largest absolute Gasteiger partial charge is 0.483 e.